The summed E-state index contributed by atoms with van der Waals surface area (Å²) in [4.78, 5) is 39.3. The van der Waals surface area contributed by atoms with Crippen LogP contribution in [0.2, 0.25) is 0 Å². The molecule has 3 aromatic rings. The second-order valence-corrected chi connectivity index (χ2v) is 6.09. The highest BCUT2D eigenvalue weighted by Gasteiger charge is 2.09. The Morgan fingerprint density at radius 1 is 1.11 bits per heavy atom. The van der Waals surface area contributed by atoms with E-state index in [1.807, 2.05) is 24.3 Å². The van der Waals surface area contributed by atoms with Crippen molar-refractivity contribution < 1.29 is 9.53 Å². The molecule has 140 valence electrons. The first-order chi connectivity index (χ1) is 13.1. The predicted molar refractivity (Wildman–Crippen MR) is 103 cm³/mol. The molecule has 0 bridgehead atoms. The molecule has 1 amide bonds. The molecule has 0 aliphatic carbocycles. The number of aromatic nitrogens is 2. The van der Waals surface area contributed by atoms with Gasteiger partial charge in [-0.3, -0.25) is 14.2 Å². The zero-order valence-corrected chi connectivity index (χ0v) is 15.0. The molecule has 3 rings (SSSR count). The average molecular weight is 367 g/mol. The zero-order chi connectivity index (χ0) is 19.2. The molecule has 2 aromatic carbocycles. The zero-order valence-electron chi connectivity index (χ0n) is 15.0. The van der Waals surface area contributed by atoms with E-state index < -0.39 is 11.2 Å². The number of benzene rings is 2. The molecule has 0 atom stereocenters. The number of H-pyrrole nitrogens is 1. The normalized spacial score (nSPS) is 10.7. The van der Waals surface area contributed by atoms with Crippen LogP contribution in [-0.4, -0.2) is 29.1 Å². The minimum Gasteiger partial charge on any atom is -0.496 e. The maximum atomic E-state index is 12.4. The number of nitrogens with zero attached hydrogens (tertiary/aromatic N) is 1. The van der Waals surface area contributed by atoms with E-state index in [9.17, 15) is 14.4 Å². The van der Waals surface area contributed by atoms with Gasteiger partial charge >= 0.3 is 5.69 Å². The van der Waals surface area contributed by atoms with Gasteiger partial charge in [-0.1, -0.05) is 30.3 Å². The molecule has 1 heterocycles. The van der Waals surface area contributed by atoms with E-state index in [-0.39, 0.29) is 18.9 Å². The summed E-state index contributed by atoms with van der Waals surface area (Å²) in [5, 5.41) is 3.23. The lowest BCUT2D eigenvalue weighted by Gasteiger charge is -2.10. The van der Waals surface area contributed by atoms with Gasteiger partial charge in [0.2, 0.25) is 5.91 Å². The molecule has 0 saturated heterocycles. The Balaban J connectivity index is 1.59. The first kappa shape index (κ1) is 18.4. The summed E-state index contributed by atoms with van der Waals surface area (Å²) in [5.41, 5.74) is 0.587. The topological polar surface area (TPSA) is 93.2 Å². The Morgan fingerprint density at radius 3 is 2.67 bits per heavy atom. The molecule has 7 nitrogen and oxygen atoms in total. The van der Waals surface area contributed by atoms with Gasteiger partial charge in [0.15, 0.2) is 0 Å². The predicted octanol–water partition coefficient (Wildman–Crippen LogP) is 1.45. The number of nitrogens with one attached hydrogen (secondary N) is 2. The quantitative estimate of drug-likeness (QED) is 0.661. The lowest BCUT2D eigenvalue weighted by molar-refractivity contribution is -0.121. The Morgan fingerprint density at radius 2 is 1.85 bits per heavy atom. The number of methoxy groups -OCH3 is 1. The third-order valence-corrected chi connectivity index (χ3v) is 4.36. The highest BCUT2D eigenvalue weighted by Crippen LogP contribution is 2.17. The van der Waals surface area contributed by atoms with E-state index >= 15 is 0 Å². The van der Waals surface area contributed by atoms with E-state index in [4.69, 9.17) is 4.74 Å². The van der Waals surface area contributed by atoms with Crippen LogP contribution in [0, 0.1) is 0 Å². The molecule has 0 aliphatic rings. The molecule has 0 radical (unpaired) electrons. The molecule has 0 aliphatic heterocycles. The van der Waals surface area contributed by atoms with Gasteiger partial charge in [0.1, 0.15) is 5.75 Å². The number of para-hydroxylation sites is 2. The van der Waals surface area contributed by atoms with E-state index in [0.717, 1.165) is 15.9 Å². The van der Waals surface area contributed by atoms with Gasteiger partial charge in [0, 0.05) is 19.5 Å². The molecule has 2 N–H and O–H groups in total. The number of rotatable bonds is 7. The number of amides is 1. The van der Waals surface area contributed by atoms with Crippen LogP contribution < -0.4 is 21.3 Å². The van der Waals surface area contributed by atoms with Crippen LogP contribution in [0.3, 0.4) is 0 Å². The van der Waals surface area contributed by atoms with Crippen molar-refractivity contribution in [3.8, 4) is 5.75 Å². The molecule has 7 heteroatoms. The fraction of sp³-hybridized carbons (Fsp3) is 0.250. The van der Waals surface area contributed by atoms with Crippen molar-refractivity contribution in [2.45, 2.75) is 19.4 Å². The lowest BCUT2D eigenvalue weighted by Crippen LogP contribution is -2.37. The number of ether oxygens (including phenoxy) is 1. The van der Waals surface area contributed by atoms with Gasteiger partial charge in [-0.2, -0.15) is 0 Å². The number of hydrogen-bond donors (Lipinski definition) is 2. The smallest absolute Gasteiger partial charge is 0.328 e. The van der Waals surface area contributed by atoms with Crippen LogP contribution in [0.5, 0.6) is 5.75 Å². The summed E-state index contributed by atoms with van der Waals surface area (Å²) in [7, 11) is 1.61. The molecular formula is C20H21N3O4. The second-order valence-electron chi connectivity index (χ2n) is 6.09. The Bertz CT molecular complexity index is 1070. The van der Waals surface area contributed by atoms with E-state index in [1.54, 1.807) is 31.4 Å². The summed E-state index contributed by atoms with van der Waals surface area (Å²) in [6, 6.07) is 14.4. The van der Waals surface area contributed by atoms with Gasteiger partial charge < -0.3 is 15.0 Å². The van der Waals surface area contributed by atoms with Crippen LogP contribution in [0.1, 0.15) is 12.0 Å². The summed E-state index contributed by atoms with van der Waals surface area (Å²) in [5.74, 6) is 0.561. The molecule has 0 spiro atoms. The molecule has 27 heavy (non-hydrogen) atoms. The molecular weight excluding hydrogens is 346 g/mol. The summed E-state index contributed by atoms with van der Waals surface area (Å²) in [6.07, 6.45) is 0.680. The minimum atomic E-state index is -0.513. The fourth-order valence-corrected chi connectivity index (χ4v) is 2.95. The van der Waals surface area contributed by atoms with Crippen molar-refractivity contribution >= 4 is 16.8 Å². The van der Waals surface area contributed by atoms with Crippen molar-refractivity contribution in [3.05, 3.63) is 74.9 Å². The second kappa shape index (κ2) is 8.35. The van der Waals surface area contributed by atoms with Gasteiger partial charge in [0.25, 0.3) is 5.56 Å². The van der Waals surface area contributed by atoms with Crippen LogP contribution in [-0.2, 0) is 17.8 Å². The van der Waals surface area contributed by atoms with Gasteiger partial charge in [-0.15, -0.1) is 0 Å². The third kappa shape index (κ3) is 4.25. The number of aromatic amines is 1. The maximum absolute atomic E-state index is 12.4. The highest BCUT2D eigenvalue weighted by atomic mass is 16.5. The average Bonchev–Trinajstić information content (AvgIpc) is 2.68. The Hall–Kier alpha value is -3.35. The van der Waals surface area contributed by atoms with E-state index in [0.29, 0.717) is 23.9 Å². The van der Waals surface area contributed by atoms with Crippen LogP contribution in [0.4, 0.5) is 0 Å². The van der Waals surface area contributed by atoms with Crippen molar-refractivity contribution in [2.75, 3.05) is 13.7 Å². The summed E-state index contributed by atoms with van der Waals surface area (Å²) in [6.45, 7) is 0.474. The molecule has 1 aromatic heterocycles. The number of fused-ring (bicyclic) bond motifs is 1. The van der Waals surface area contributed by atoms with Crippen molar-refractivity contribution in [3.63, 3.8) is 0 Å². The van der Waals surface area contributed by atoms with E-state index in [2.05, 4.69) is 10.3 Å². The molecule has 0 saturated carbocycles. The largest absolute Gasteiger partial charge is 0.496 e. The monoisotopic (exact) mass is 367 g/mol. The minimum absolute atomic E-state index is 0.0273. The van der Waals surface area contributed by atoms with Gasteiger partial charge in [-0.25, -0.2) is 4.79 Å². The molecule has 0 unspecified atom stereocenters. The molecule has 0 fully saturated rings. The number of hydrogen-bond acceptors (Lipinski definition) is 4. The highest BCUT2D eigenvalue weighted by molar-refractivity contribution is 5.77. The Kier molecular flexibility index (Phi) is 5.71. The number of carbonyl (C=O) groups is 1. The first-order valence-corrected chi connectivity index (χ1v) is 8.70. The standard InChI is InChI=1S/C20H21N3O4/c1-27-17-9-5-2-6-14(17)10-12-21-18(24)11-13-23-19(25)15-7-3-4-8-16(15)22-20(23)26/h2-9H,10-13H2,1H3,(H,21,24)(H,22,26). The fourth-order valence-electron chi connectivity index (χ4n) is 2.95. The maximum Gasteiger partial charge on any atom is 0.328 e. The first-order valence-electron chi connectivity index (χ1n) is 8.70. The van der Waals surface area contributed by atoms with Gasteiger partial charge in [0.05, 0.1) is 18.0 Å². The summed E-state index contributed by atoms with van der Waals surface area (Å²) < 4.78 is 6.34. The van der Waals surface area contributed by atoms with Crippen LogP contribution in [0.25, 0.3) is 10.9 Å². The van der Waals surface area contributed by atoms with Crippen molar-refractivity contribution in [1.82, 2.24) is 14.9 Å². The SMILES string of the molecule is COc1ccccc1CCNC(=O)CCn1c(=O)[nH]c2ccccc2c1=O. The lowest BCUT2D eigenvalue weighted by atomic mass is 10.1. The Labute approximate surface area is 155 Å². The van der Waals surface area contributed by atoms with Crippen molar-refractivity contribution in [2.24, 2.45) is 0 Å². The van der Waals surface area contributed by atoms with Gasteiger partial charge in [-0.05, 0) is 30.2 Å². The van der Waals surface area contributed by atoms with Crippen LogP contribution >= 0.6 is 0 Å². The number of carbonyl (C=O) groups excluding carboxylic acids is 1. The van der Waals surface area contributed by atoms with Crippen LogP contribution in [0.15, 0.2) is 58.1 Å². The summed E-state index contributed by atoms with van der Waals surface area (Å²) >= 11 is 0. The van der Waals surface area contributed by atoms with Crippen molar-refractivity contribution in [1.29, 1.82) is 0 Å². The van der Waals surface area contributed by atoms with E-state index in [1.165, 1.54) is 0 Å². The third-order valence-electron chi connectivity index (χ3n) is 4.36.